The molecule has 2 unspecified atom stereocenters. The first kappa shape index (κ1) is 16.6. The first-order valence-electron chi connectivity index (χ1n) is 9.28. The van der Waals surface area contributed by atoms with E-state index in [1.807, 2.05) is 6.07 Å². The molecule has 0 saturated heterocycles. The molecule has 0 heterocycles. The van der Waals surface area contributed by atoms with Gasteiger partial charge in [0.15, 0.2) is 0 Å². The number of hydrogen-bond donors (Lipinski definition) is 2. The highest BCUT2D eigenvalue weighted by atomic mass is 16.1. The van der Waals surface area contributed by atoms with E-state index in [2.05, 4.69) is 66.0 Å². The number of carbonyl (C=O) groups excluding carboxylic acids is 1. The normalized spacial score (nSPS) is 21.5. The van der Waals surface area contributed by atoms with E-state index >= 15 is 0 Å². The Kier molecular flexibility index (Phi) is 4.61. The second-order valence-corrected chi connectivity index (χ2v) is 7.20. The van der Waals surface area contributed by atoms with Crippen molar-refractivity contribution in [1.82, 2.24) is 5.32 Å². The van der Waals surface area contributed by atoms with Crippen LogP contribution in [-0.4, -0.2) is 5.91 Å². The van der Waals surface area contributed by atoms with Gasteiger partial charge in [-0.15, -0.1) is 0 Å². The van der Waals surface area contributed by atoms with Gasteiger partial charge in [0.2, 0.25) is 5.91 Å². The molecule has 0 aromatic heterocycles. The molecule has 1 amide bonds. The molecule has 0 aliphatic heterocycles. The Hall–Kier alpha value is -2.81. The molecule has 3 nitrogen and oxygen atoms in total. The van der Waals surface area contributed by atoms with Crippen LogP contribution >= 0.6 is 0 Å². The van der Waals surface area contributed by atoms with E-state index in [-0.39, 0.29) is 13.3 Å². The van der Waals surface area contributed by atoms with Gasteiger partial charge in [0, 0.05) is 19.6 Å². The van der Waals surface area contributed by atoms with Gasteiger partial charge < -0.3 is 11.1 Å². The fourth-order valence-electron chi connectivity index (χ4n) is 3.69. The molecule has 2 aromatic rings. The largest absolute Gasteiger partial charge is 0.384 e. The lowest BCUT2D eigenvalue weighted by Gasteiger charge is -2.16. The average Bonchev–Trinajstić information content (AvgIpc) is 3.49. The van der Waals surface area contributed by atoms with E-state index in [4.69, 9.17) is 5.73 Å². The number of nitrogens with one attached hydrogen (secondary N) is 1. The maximum atomic E-state index is 11.2. The zero-order valence-electron chi connectivity index (χ0n) is 14.8. The number of nitrogens with two attached hydrogens (primary N) is 1. The number of benzene rings is 2. The Morgan fingerprint density at radius 1 is 1.00 bits per heavy atom. The van der Waals surface area contributed by atoms with E-state index in [0.717, 1.165) is 25.8 Å². The van der Waals surface area contributed by atoms with Crippen LogP contribution in [0.4, 0.5) is 0 Å². The summed E-state index contributed by atoms with van der Waals surface area (Å²) < 4.78 is 0. The maximum Gasteiger partial charge on any atom is 0.221 e. The molecule has 0 spiro atoms. The number of primary amides is 1. The van der Waals surface area contributed by atoms with Crippen LogP contribution < -0.4 is 11.1 Å². The Morgan fingerprint density at radius 3 is 2.35 bits per heavy atom. The van der Waals surface area contributed by atoms with E-state index in [1.165, 1.54) is 28.0 Å². The first-order chi connectivity index (χ1) is 12.7. The molecule has 3 N–H and O–H groups in total. The molecular formula is C23H26N2O. The SMILES string of the molecule is NC(=O)C1CC1C1=CC=C(NCc2ccc(-c3ccccc3)cc2)CC1.[HH]. The van der Waals surface area contributed by atoms with Crippen molar-refractivity contribution in [3.63, 3.8) is 0 Å². The van der Waals surface area contributed by atoms with Crippen LogP contribution in [-0.2, 0) is 11.3 Å². The number of rotatable bonds is 6. The standard InChI is InChI=1S/C23H24N2O.H2/c24-23(26)22-14-21(22)19-10-12-20(13-11-19)25-15-16-6-8-18(9-7-16)17-4-2-1-3-5-17;/h1-10,12,21-22,25H,11,13-15H2,(H2,24,26);1H. The second kappa shape index (κ2) is 7.20. The number of carbonyl (C=O) groups is 1. The lowest BCUT2D eigenvalue weighted by molar-refractivity contribution is -0.119. The second-order valence-electron chi connectivity index (χ2n) is 7.20. The van der Waals surface area contributed by atoms with Crippen molar-refractivity contribution < 1.29 is 6.22 Å². The van der Waals surface area contributed by atoms with E-state index in [9.17, 15) is 4.79 Å². The highest BCUT2D eigenvalue weighted by Crippen LogP contribution is 2.46. The van der Waals surface area contributed by atoms with E-state index in [0.29, 0.717) is 5.92 Å². The Labute approximate surface area is 156 Å². The molecule has 26 heavy (non-hydrogen) atoms. The minimum atomic E-state index is -0.150. The molecule has 2 aromatic carbocycles. The summed E-state index contributed by atoms with van der Waals surface area (Å²) in [5.41, 5.74) is 11.8. The van der Waals surface area contributed by atoms with Crippen LogP contribution in [0.5, 0.6) is 0 Å². The van der Waals surface area contributed by atoms with Crippen molar-refractivity contribution in [2.24, 2.45) is 17.6 Å². The molecule has 0 radical (unpaired) electrons. The Bertz CT molecular complexity index is 856. The lowest BCUT2D eigenvalue weighted by Crippen LogP contribution is -2.16. The maximum absolute atomic E-state index is 11.2. The molecule has 2 aliphatic carbocycles. The van der Waals surface area contributed by atoms with Crippen LogP contribution in [0.2, 0.25) is 0 Å². The summed E-state index contributed by atoms with van der Waals surface area (Å²) in [5, 5.41) is 3.54. The van der Waals surface area contributed by atoms with Crippen molar-refractivity contribution in [3.8, 4) is 11.1 Å². The molecule has 2 aliphatic rings. The quantitative estimate of drug-likeness (QED) is 0.814. The summed E-state index contributed by atoms with van der Waals surface area (Å²) in [5.74, 6) is 0.325. The topological polar surface area (TPSA) is 55.1 Å². The van der Waals surface area contributed by atoms with Gasteiger partial charge in [-0.2, -0.15) is 0 Å². The Morgan fingerprint density at radius 2 is 1.73 bits per heavy atom. The van der Waals surface area contributed by atoms with Crippen molar-refractivity contribution in [3.05, 3.63) is 83.6 Å². The highest BCUT2D eigenvalue weighted by Gasteiger charge is 2.43. The summed E-state index contributed by atoms with van der Waals surface area (Å²) in [4.78, 5) is 11.2. The number of amides is 1. The van der Waals surface area contributed by atoms with Crippen molar-refractivity contribution in [1.29, 1.82) is 0 Å². The van der Waals surface area contributed by atoms with Gasteiger partial charge in [0.05, 0.1) is 0 Å². The van der Waals surface area contributed by atoms with E-state index < -0.39 is 0 Å². The number of hydrogen-bond acceptors (Lipinski definition) is 2. The molecule has 3 heteroatoms. The van der Waals surface area contributed by atoms with Gasteiger partial charge in [0.25, 0.3) is 0 Å². The lowest BCUT2D eigenvalue weighted by atomic mass is 9.97. The van der Waals surface area contributed by atoms with Gasteiger partial charge in [-0.05, 0) is 47.9 Å². The minimum absolute atomic E-state index is 0. The van der Waals surface area contributed by atoms with E-state index in [1.54, 1.807) is 0 Å². The third kappa shape index (κ3) is 3.72. The molecule has 1 saturated carbocycles. The third-order valence-corrected chi connectivity index (χ3v) is 5.39. The molecule has 1 fully saturated rings. The summed E-state index contributed by atoms with van der Waals surface area (Å²) in [6.45, 7) is 0.831. The monoisotopic (exact) mass is 346 g/mol. The minimum Gasteiger partial charge on any atom is -0.384 e. The predicted molar refractivity (Wildman–Crippen MR) is 107 cm³/mol. The van der Waals surface area contributed by atoms with Gasteiger partial charge in [0.1, 0.15) is 0 Å². The molecular weight excluding hydrogens is 320 g/mol. The third-order valence-electron chi connectivity index (χ3n) is 5.39. The van der Waals surface area contributed by atoms with Gasteiger partial charge >= 0.3 is 0 Å². The average molecular weight is 346 g/mol. The van der Waals surface area contributed by atoms with Gasteiger partial charge in [-0.3, -0.25) is 4.79 Å². The van der Waals surface area contributed by atoms with Crippen LogP contribution in [0.25, 0.3) is 11.1 Å². The summed E-state index contributed by atoms with van der Waals surface area (Å²) in [6.07, 6.45) is 7.31. The van der Waals surface area contributed by atoms with Crippen molar-refractivity contribution >= 4 is 5.91 Å². The summed E-state index contributed by atoms with van der Waals surface area (Å²) in [6, 6.07) is 19.2. The summed E-state index contributed by atoms with van der Waals surface area (Å²) in [7, 11) is 0. The highest BCUT2D eigenvalue weighted by molar-refractivity contribution is 5.80. The molecule has 2 atom stereocenters. The van der Waals surface area contributed by atoms with Gasteiger partial charge in [-0.25, -0.2) is 0 Å². The van der Waals surface area contributed by atoms with Crippen molar-refractivity contribution in [2.75, 3.05) is 0 Å². The number of allylic oxidation sites excluding steroid dienone is 4. The van der Waals surface area contributed by atoms with Crippen LogP contribution in [0.1, 0.15) is 26.3 Å². The van der Waals surface area contributed by atoms with Crippen LogP contribution in [0, 0.1) is 11.8 Å². The fraction of sp³-hybridized carbons (Fsp3) is 0.261. The van der Waals surface area contributed by atoms with Crippen LogP contribution in [0.15, 0.2) is 78.0 Å². The van der Waals surface area contributed by atoms with Crippen molar-refractivity contribution in [2.45, 2.75) is 25.8 Å². The van der Waals surface area contributed by atoms with Gasteiger partial charge in [-0.1, -0.05) is 66.2 Å². The zero-order valence-corrected chi connectivity index (χ0v) is 14.8. The predicted octanol–water partition coefficient (Wildman–Crippen LogP) is 4.41. The Balaban J connectivity index is 0.00000210. The first-order valence-corrected chi connectivity index (χ1v) is 9.28. The summed E-state index contributed by atoms with van der Waals surface area (Å²) >= 11 is 0. The molecule has 4 rings (SSSR count). The fourth-order valence-corrected chi connectivity index (χ4v) is 3.69. The smallest absolute Gasteiger partial charge is 0.221 e. The molecule has 0 bridgehead atoms. The van der Waals surface area contributed by atoms with Crippen LogP contribution in [0.3, 0.4) is 0 Å². The molecule has 134 valence electrons. The zero-order chi connectivity index (χ0) is 17.9.